The Hall–Kier alpha value is -2.38. The lowest BCUT2D eigenvalue weighted by atomic mass is 9.95. The first-order chi connectivity index (χ1) is 11.7. The Morgan fingerprint density at radius 1 is 1.29 bits per heavy atom. The van der Waals surface area contributed by atoms with Crippen molar-refractivity contribution in [2.75, 3.05) is 5.73 Å². The van der Waals surface area contributed by atoms with Gasteiger partial charge in [-0.2, -0.15) is 0 Å². The zero-order valence-corrected chi connectivity index (χ0v) is 13.9. The van der Waals surface area contributed by atoms with Gasteiger partial charge in [-0.25, -0.2) is 9.67 Å². The van der Waals surface area contributed by atoms with Crippen LogP contribution in [0.4, 0.5) is 5.95 Å². The minimum Gasteiger partial charge on any atom is -0.369 e. The highest BCUT2D eigenvalue weighted by molar-refractivity contribution is 5.75. The van der Waals surface area contributed by atoms with Crippen molar-refractivity contribution >= 4 is 11.9 Å². The molecule has 1 fully saturated rings. The summed E-state index contributed by atoms with van der Waals surface area (Å²) in [5.41, 5.74) is 7.39. The number of imidazole rings is 1. The van der Waals surface area contributed by atoms with Gasteiger partial charge in [0.25, 0.3) is 0 Å². The summed E-state index contributed by atoms with van der Waals surface area (Å²) in [6.07, 6.45) is 12.1. The molecule has 0 spiro atoms. The van der Waals surface area contributed by atoms with E-state index in [9.17, 15) is 4.79 Å². The monoisotopic (exact) mass is 331 g/mol. The van der Waals surface area contributed by atoms with Crippen LogP contribution in [0.2, 0.25) is 0 Å². The summed E-state index contributed by atoms with van der Waals surface area (Å²) in [5.74, 6) is 0.463. The molecule has 4 N–H and O–H groups in total. The van der Waals surface area contributed by atoms with Gasteiger partial charge in [-0.3, -0.25) is 4.79 Å². The van der Waals surface area contributed by atoms with Crippen molar-refractivity contribution in [2.45, 2.75) is 64.0 Å². The summed E-state index contributed by atoms with van der Waals surface area (Å²) in [4.78, 5) is 19.1. The lowest BCUT2D eigenvalue weighted by molar-refractivity contribution is -0.122. The Balaban J connectivity index is 1.40. The molecule has 1 saturated carbocycles. The molecule has 130 valence electrons. The number of aromatic amines is 1. The third-order valence-corrected chi connectivity index (χ3v) is 4.38. The van der Waals surface area contributed by atoms with Crippen molar-refractivity contribution in [3.8, 4) is 0 Å². The Morgan fingerprint density at radius 3 is 2.83 bits per heavy atom. The van der Waals surface area contributed by atoms with Crippen LogP contribution in [0.3, 0.4) is 0 Å². The minimum absolute atomic E-state index is 0.0188. The molecule has 0 bridgehead atoms. The van der Waals surface area contributed by atoms with E-state index >= 15 is 0 Å². The maximum Gasteiger partial charge on any atom is 0.242 e. The molecule has 0 aliphatic heterocycles. The van der Waals surface area contributed by atoms with Gasteiger partial charge in [0, 0.05) is 18.4 Å². The largest absolute Gasteiger partial charge is 0.369 e. The molecule has 0 unspecified atom stereocenters. The van der Waals surface area contributed by atoms with Crippen LogP contribution in [-0.4, -0.2) is 36.9 Å². The topological polar surface area (TPSA) is 115 Å². The number of hydrogen-bond donors (Lipinski definition) is 3. The van der Waals surface area contributed by atoms with Crippen molar-refractivity contribution in [1.29, 1.82) is 0 Å². The maximum atomic E-state index is 12.1. The van der Waals surface area contributed by atoms with Gasteiger partial charge in [-0.05, 0) is 32.1 Å². The predicted molar refractivity (Wildman–Crippen MR) is 90.1 cm³/mol. The molecule has 24 heavy (non-hydrogen) atoms. The van der Waals surface area contributed by atoms with Crippen LogP contribution in [0.5, 0.6) is 0 Å². The highest BCUT2D eigenvalue weighted by Gasteiger charge is 2.16. The van der Waals surface area contributed by atoms with Gasteiger partial charge >= 0.3 is 0 Å². The van der Waals surface area contributed by atoms with E-state index < -0.39 is 0 Å². The molecular formula is C16H25N7O. The zero-order valence-electron chi connectivity index (χ0n) is 13.9. The fourth-order valence-corrected chi connectivity index (χ4v) is 3.15. The number of nitrogens with zero attached hydrogens (tertiary/aromatic N) is 4. The maximum absolute atomic E-state index is 12.1. The lowest BCUT2D eigenvalue weighted by Gasteiger charge is -2.22. The molecule has 8 nitrogen and oxygen atoms in total. The molecule has 1 amide bonds. The first kappa shape index (κ1) is 16.5. The van der Waals surface area contributed by atoms with Gasteiger partial charge in [0.15, 0.2) is 5.95 Å². The Morgan fingerprint density at radius 2 is 2.08 bits per heavy atom. The number of nitrogen functional groups attached to an aromatic ring is 1. The van der Waals surface area contributed by atoms with Gasteiger partial charge in [-0.1, -0.05) is 24.5 Å². The first-order valence-electron chi connectivity index (χ1n) is 8.67. The van der Waals surface area contributed by atoms with Gasteiger partial charge in [0.05, 0.1) is 11.4 Å². The molecule has 2 heterocycles. The van der Waals surface area contributed by atoms with Gasteiger partial charge in [0.2, 0.25) is 5.91 Å². The van der Waals surface area contributed by atoms with Crippen LogP contribution in [0.15, 0.2) is 12.4 Å². The van der Waals surface area contributed by atoms with Crippen LogP contribution in [-0.2, 0) is 24.2 Å². The number of rotatable bonds is 7. The predicted octanol–water partition coefficient (Wildman–Crippen LogP) is 1.21. The second-order valence-corrected chi connectivity index (χ2v) is 6.44. The van der Waals surface area contributed by atoms with Crippen molar-refractivity contribution in [2.24, 2.45) is 0 Å². The van der Waals surface area contributed by atoms with E-state index in [0.717, 1.165) is 43.5 Å². The number of H-pyrrole nitrogens is 1. The SMILES string of the molecule is Nc1nc(CCCc2cn(CC(=O)NC3CCCCC3)nn2)c[nH]1. The molecular weight excluding hydrogens is 306 g/mol. The van der Waals surface area contributed by atoms with Crippen LogP contribution < -0.4 is 11.1 Å². The minimum atomic E-state index is 0.0188. The number of nitrogens with one attached hydrogen (secondary N) is 2. The Kier molecular flexibility index (Phi) is 5.45. The van der Waals surface area contributed by atoms with Crippen LogP contribution in [0, 0.1) is 0 Å². The van der Waals surface area contributed by atoms with Crippen LogP contribution in [0.25, 0.3) is 0 Å². The third kappa shape index (κ3) is 4.81. The second-order valence-electron chi connectivity index (χ2n) is 6.44. The van der Waals surface area contributed by atoms with E-state index in [-0.39, 0.29) is 12.5 Å². The number of aromatic nitrogens is 5. The van der Waals surface area contributed by atoms with Crippen molar-refractivity contribution in [1.82, 2.24) is 30.3 Å². The number of hydrogen-bond acceptors (Lipinski definition) is 5. The summed E-state index contributed by atoms with van der Waals surface area (Å²) >= 11 is 0. The summed E-state index contributed by atoms with van der Waals surface area (Å²) in [7, 11) is 0. The molecule has 0 atom stereocenters. The van der Waals surface area contributed by atoms with Gasteiger partial charge in [-0.15, -0.1) is 5.10 Å². The second kappa shape index (κ2) is 7.94. The van der Waals surface area contributed by atoms with Gasteiger partial charge in [0.1, 0.15) is 6.54 Å². The molecule has 0 radical (unpaired) electrons. The Bertz CT molecular complexity index is 657. The van der Waals surface area contributed by atoms with E-state index in [1.54, 1.807) is 4.68 Å². The first-order valence-corrected chi connectivity index (χ1v) is 8.67. The standard InChI is InChI=1S/C16H25N7O/c17-16-18-9-13(20-16)7-4-8-14-10-23(22-21-14)11-15(24)19-12-5-2-1-3-6-12/h9-10,12H,1-8,11H2,(H,19,24)(H3,17,18,20). The molecule has 1 aliphatic rings. The molecule has 2 aromatic rings. The van der Waals surface area contributed by atoms with Crippen molar-refractivity contribution in [3.63, 3.8) is 0 Å². The third-order valence-electron chi connectivity index (χ3n) is 4.38. The van der Waals surface area contributed by atoms with Crippen LogP contribution >= 0.6 is 0 Å². The number of aryl methyl sites for hydroxylation is 2. The van der Waals surface area contributed by atoms with E-state index in [0.29, 0.717) is 12.0 Å². The highest BCUT2D eigenvalue weighted by Crippen LogP contribution is 2.17. The fraction of sp³-hybridized carbons (Fsp3) is 0.625. The smallest absolute Gasteiger partial charge is 0.242 e. The normalized spacial score (nSPS) is 15.5. The molecule has 0 saturated heterocycles. The molecule has 3 rings (SSSR count). The Labute approximate surface area is 141 Å². The molecule has 2 aromatic heterocycles. The molecule has 1 aliphatic carbocycles. The molecule has 0 aromatic carbocycles. The van der Waals surface area contributed by atoms with E-state index in [1.165, 1.54) is 19.3 Å². The lowest BCUT2D eigenvalue weighted by Crippen LogP contribution is -2.38. The van der Waals surface area contributed by atoms with Gasteiger partial charge < -0.3 is 16.0 Å². The van der Waals surface area contributed by atoms with Crippen molar-refractivity contribution in [3.05, 3.63) is 23.8 Å². The number of carbonyl (C=O) groups excluding carboxylic acids is 1. The van der Waals surface area contributed by atoms with E-state index in [1.807, 2.05) is 12.4 Å². The van der Waals surface area contributed by atoms with E-state index in [4.69, 9.17) is 5.73 Å². The summed E-state index contributed by atoms with van der Waals surface area (Å²) < 4.78 is 1.61. The molecule has 8 heteroatoms. The quantitative estimate of drug-likeness (QED) is 0.705. The number of amides is 1. The summed E-state index contributed by atoms with van der Waals surface area (Å²) in [5, 5.41) is 11.3. The number of nitrogens with two attached hydrogens (primary N) is 1. The highest BCUT2D eigenvalue weighted by atomic mass is 16.2. The summed E-state index contributed by atoms with van der Waals surface area (Å²) in [6.45, 7) is 0.236. The average molecular weight is 331 g/mol. The fourth-order valence-electron chi connectivity index (χ4n) is 3.15. The number of carbonyl (C=O) groups is 1. The zero-order chi connectivity index (χ0) is 16.8. The van der Waals surface area contributed by atoms with E-state index in [2.05, 4.69) is 25.6 Å². The van der Waals surface area contributed by atoms with Crippen molar-refractivity contribution < 1.29 is 4.79 Å². The summed E-state index contributed by atoms with van der Waals surface area (Å²) in [6, 6.07) is 0.329. The average Bonchev–Trinajstić information content (AvgIpc) is 3.17. The number of anilines is 1. The van der Waals surface area contributed by atoms with Crippen LogP contribution in [0.1, 0.15) is 49.9 Å².